The summed E-state index contributed by atoms with van der Waals surface area (Å²) in [4.78, 5) is 4.20. The second-order valence-electron chi connectivity index (χ2n) is 6.66. The second kappa shape index (κ2) is 9.30. The molecule has 0 aliphatic carbocycles. The van der Waals surface area contributed by atoms with E-state index in [9.17, 15) is 8.42 Å². The summed E-state index contributed by atoms with van der Waals surface area (Å²) in [6, 6.07) is 15.2. The third kappa shape index (κ3) is 5.62. The maximum Gasteiger partial charge on any atom is 0.191 e. The van der Waals surface area contributed by atoms with E-state index in [0.29, 0.717) is 36.3 Å². The number of sulfone groups is 1. The Labute approximate surface area is 170 Å². The molecule has 1 heterocycles. The maximum absolute atomic E-state index is 11.6. The van der Waals surface area contributed by atoms with E-state index < -0.39 is 9.84 Å². The number of nitrogens with zero attached hydrogens (tertiary/aromatic N) is 1. The zero-order valence-electron chi connectivity index (χ0n) is 15.7. The van der Waals surface area contributed by atoms with Crippen LogP contribution in [-0.2, 0) is 23.0 Å². The van der Waals surface area contributed by atoms with Crippen LogP contribution in [0.1, 0.15) is 17.5 Å². The molecule has 8 heteroatoms. The van der Waals surface area contributed by atoms with Crippen molar-refractivity contribution in [1.29, 1.82) is 0 Å². The Morgan fingerprint density at radius 1 is 1.18 bits per heavy atom. The topological polar surface area (TPSA) is 79.8 Å². The smallest absolute Gasteiger partial charge is 0.191 e. The SMILES string of the molecule is CN=C(NCc1ccccc1COc1ccccc1Cl)NC1CCS(=O)(=O)C1. The van der Waals surface area contributed by atoms with Gasteiger partial charge in [-0.25, -0.2) is 8.42 Å². The standard InChI is InChI=1S/C20H24ClN3O3S/c1-22-20(24-17-10-11-28(25,26)14-17)23-12-15-6-2-3-7-16(15)13-27-19-9-5-4-8-18(19)21/h2-9,17H,10-14H2,1H3,(H2,22,23,24). The summed E-state index contributed by atoms with van der Waals surface area (Å²) < 4.78 is 29.1. The van der Waals surface area contributed by atoms with Gasteiger partial charge in [0.15, 0.2) is 15.8 Å². The fraction of sp³-hybridized carbons (Fsp3) is 0.350. The number of rotatable bonds is 6. The molecule has 6 nitrogen and oxygen atoms in total. The fourth-order valence-corrected chi connectivity index (χ4v) is 4.93. The average Bonchev–Trinajstić information content (AvgIpc) is 3.03. The molecule has 1 unspecified atom stereocenters. The van der Waals surface area contributed by atoms with E-state index in [4.69, 9.17) is 16.3 Å². The molecule has 2 N–H and O–H groups in total. The molecule has 150 valence electrons. The van der Waals surface area contributed by atoms with Gasteiger partial charge in [-0.3, -0.25) is 4.99 Å². The summed E-state index contributed by atoms with van der Waals surface area (Å²) in [6.45, 7) is 0.940. The van der Waals surface area contributed by atoms with E-state index in [-0.39, 0.29) is 17.5 Å². The van der Waals surface area contributed by atoms with E-state index in [2.05, 4.69) is 15.6 Å². The van der Waals surface area contributed by atoms with Crippen molar-refractivity contribution in [2.24, 2.45) is 4.99 Å². The van der Waals surface area contributed by atoms with E-state index in [1.807, 2.05) is 42.5 Å². The lowest BCUT2D eigenvalue weighted by molar-refractivity contribution is 0.305. The van der Waals surface area contributed by atoms with Crippen molar-refractivity contribution in [1.82, 2.24) is 10.6 Å². The third-order valence-corrected chi connectivity index (χ3v) is 6.66. The van der Waals surface area contributed by atoms with Gasteiger partial charge in [0.1, 0.15) is 12.4 Å². The minimum absolute atomic E-state index is 0.102. The van der Waals surface area contributed by atoms with Crippen LogP contribution < -0.4 is 15.4 Å². The van der Waals surface area contributed by atoms with Crippen LogP contribution in [0.25, 0.3) is 0 Å². The van der Waals surface area contributed by atoms with E-state index >= 15 is 0 Å². The Bertz CT molecular complexity index is 947. The van der Waals surface area contributed by atoms with Gasteiger partial charge in [-0.15, -0.1) is 0 Å². The molecule has 0 amide bonds. The number of halogens is 1. The normalized spacial score (nSPS) is 18.6. The molecule has 0 aromatic heterocycles. The Morgan fingerprint density at radius 2 is 1.89 bits per heavy atom. The zero-order valence-corrected chi connectivity index (χ0v) is 17.3. The van der Waals surface area contributed by atoms with Crippen LogP contribution in [0, 0.1) is 0 Å². The van der Waals surface area contributed by atoms with Crippen LogP contribution in [0.2, 0.25) is 5.02 Å². The molecule has 1 atom stereocenters. The zero-order chi connectivity index (χ0) is 20.0. The Balaban J connectivity index is 1.59. The molecular weight excluding hydrogens is 398 g/mol. The summed E-state index contributed by atoms with van der Waals surface area (Å²) in [6.07, 6.45) is 0.602. The fourth-order valence-electron chi connectivity index (χ4n) is 3.06. The summed E-state index contributed by atoms with van der Waals surface area (Å²) in [5, 5.41) is 7.02. The molecule has 2 aromatic rings. The molecule has 28 heavy (non-hydrogen) atoms. The van der Waals surface area contributed by atoms with Crippen molar-refractivity contribution < 1.29 is 13.2 Å². The minimum atomic E-state index is -2.93. The molecular formula is C20H24ClN3O3S. The Hall–Kier alpha value is -2.25. The predicted molar refractivity (Wildman–Crippen MR) is 113 cm³/mol. The van der Waals surface area contributed by atoms with E-state index in [1.54, 1.807) is 13.1 Å². The number of para-hydroxylation sites is 1. The first-order chi connectivity index (χ1) is 13.5. The first-order valence-corrected chi connectivity index (χ1v) is 11.3. The molecule has 0 radical (unpaired) electrons. The second-order valence-corrected chi connectivity index (χ2v) is 9.29. The largest absolute Gasteiger partial charge is 0.487 e. The summed E-state index contributed by atoms with van der Waals surface area (Å²) in [7, 11) is -1.26. The van der Waals surface area contributed by atoms with Crippen molar-refractivity contribution >= 4 is 27.4 Å². The molecule has 0 saturated carbocycles. The average molecular weight is 422 g/mol. The third-order valence-electron chi connectivity index (χ3n) is 4.58. The number of ether oxygens (including phenoxy) is 1. The van der Waals surface area contributed by atoms with Crippen LogP contribution in [0.4, 0.5) is 0 Å². The highest BCUT2D eigenvalue weighted by molar-refractivity contribution is 7.91. The van der Waals surface area contributed by atoms with Crippen molar-refractivity contribution in [3.8, 4) is 5.75 Å². The number of benzene rings is 2. The van der Waals surface area contributed by atoms with Gasteiger partial charge >= 0.3 is 0 Å². The highest BCUT2D eigenvalue weighted by Gasteiger charge is 2.28. The quantitative estimate of drug-likeness (QED) is 0.553. The van der Waals surface area contributed by atoms with Crippen molar-refractivity contribution in [3.05, 3.63) is 64.7 Å². The van der Waals surface area contributed by atoms with E-state index in [1.165, 1.54) is 0 Å². The molecule has 1 aliphatic heterocycles. The first-order valence-electron chi connectivity index (χ1n) is 9.08. The summed E-state index contributed by atoms with van der Waals surface area (Å²) >= 11 is 6.15. The van der Waals surface area contributed by atoms with Crippen LogP contribution in [0.3, 0.4) is 0 Å². The molecule has 3 rings (SSSR count). The van der Waals surface area contributed by atoms with Crippen molar-refractivity contribution in [2.75, 3.05) is 18.6 Å². The van der Waals surface area contributed by atoms with Gasteiger partial charge in [-0.2, -0.15) is 0 Å². The number of guanidine groups is 1. The summed E-state index contributed by atoms with van der Waals surface area (Å²) in [5.74, 6) is 1.61. The van der Waals surface area contributed by atoms with Gasteiger partial charge in [0.05, 0.1) is 16.5 Å². The van der Waals surface area contributed by atoms with Gasteiger partial charge in [0, 0.05) is 19.6 Å². The Kier molecular flexibility index (Phi) is 6.80. The van der Waals surface area contributed by atoms with Gasteiger partial charge in [-0.1, -0.05) is 48.0 Å². The van der Waals surface area contributed by atoms with Crippen molar-refractivity contribution in [3.63, 3.8) is 0 Å². The highest BCUT2D eigenvalue weighted by Crippen LogP contribution is 2.24. The lowest BCUT2D eigenvalue weighted by Crippen LogP contribution is -2.43. The van der Waals surface area contributed by atoms with Gasteiger partial charge in [0.2, 0.25) is 0 Å². The number of hydrogen-bond donors (Lipinski definition) is 2. The molecule has 0 spiro atoms. The van der Waals surface area contributed by atoms with Gasteiger partial charge < -0.3 is 15.4 Å². The number of hydrogen-bond acceptors (Lipinski definition) is 4. The molecule has 2 aromatic carbocycles. The minimum Gasteiger partial charge on any atom is -0.487 e. The Morgan fingerprint density at radius 3 is 2.57 bits per heavy atom. The van der Waals surface area contributed by atoms with E-state index in [0.717, 1.165) is 11.1 Å². The highest BCUT2D eigenvalue weighted by atomic mass is 35.5. The van der Waals surface area contributed by atoms with Crippen LogP contribution in [0.5, 0.6) is 5.75 Å². The molecule has 1 saturated heterocycles. The van der Waals surface area contributed by atoms with Crippen LogP contribution >= 0.6 is 11.6 Å². The lowest BCUT2D eigenvalue weighted by Gasteiger charge is -2.17. The van der Waals surface area contributed by atoms with Gasteiger partial charge in [-0.05, 0) is 29.7 Å². The van der Waals surface area contributed by atoms with Crippen LogP contribution in [-0.4, -0.2) is 39.0 Å². The first kappa shape index (κ1) is 20.5. The monoisotopic (exact) mass is 421 g/mol. The lowest BCUT2D eigenvalue weighted by atomic mass is 10.1. The molecule has 1 aliphatic rings. The summed E-state index contributed by atoms with van der Waals surface area (Å²) in [5.41, 5.74) is 2.10. The maximum atomic E-state index is 11.6. The number of nitrogens with one attached hydrogen (secondary N) is 2. The van der Waals surface area contributed by atoms with Gasteiger partial charge in [0.25, 0.3) is 0 Å². The number of aliphatic imine (C=N–C) groups is 1. The van der Waals surface area contributed by atoms with Crippen molar-refractivity contribution in [2.45, 2.75) is 25.6 Å². The molecule has 1 fully saturated rings. The predicted octanol–water partition coefficient (Wildman–Crippen LogP) is 2.77. The van der Waals surface area contributed by atoms with Crippen LogP contribution in [0.15, 0.2) is 53.5 Å². The molecule has 0 bridgehead atoms.